The lowest BCUT2D eigenvalue weighted by Gasteiger charge is -2.36. The van der Waals surface area contributed by atoms with Crippen LogP contribution in [0.2, 0.25) is 5.02 Å². The summed E-state index contributed by atoms with van der Waals surface area (Å²) in [5, 5.41) is 3.64. The van der Waals surface area contributed by atoms with Crippen molar-refractivity contribution in [2.24, 2.45) is 0 Å². The number of nitrogens with one attached hydrogen (secondary N) is 1. The molecular weight excluding hydrogens is 354 g/mol. The third-order valence-corrected chi connectivity index (χ3v) is 5.41. The molecule has 1 aliphatic carbocycles. The van der Waals surface area contributed by atoms with E-state index < -0.39 is 0 Å². The summed E-state index contributed by atoms with van der Waals surface area (Å²) >= 11 is 6.03. The fraction of sp³-hybridized carbons (Fsp3) is 0.579. The molecule has 1 aromatic rings. The second-order valence-corrected chi connectivity index (χ2v) is 7.34. The lowest BCUT2D eigenvalue weighted by atomic mass is 9.96. The van der Waals surface area contributed by atoms with E-state index in [0.717, 1.165) is 12.8 Å². The van der Waals surface area contributed by atoms with Crippen molar-refractivity contribution in [3.63, 3.8) is 0 Å². The molecule has 0 aromatic heterocycles. The second-order valence-electron chi connectivity index (χ2n) is 6.91. The molecule has 1 N–H and O–H groups in total. The van der Waals surface area contributed by atoms with Gasteiger partial charge in [-0.15, -0.1) is 0 Å². The van der Waals surface area contributed by atoms with E-state index in [9.17, 15) is 9.59 Å². The minimum absolute atomic E-state index is 0.00987. The van der Waals surface area contributed by atoms with Crippen molar-refractivity contribution in [2.45, 2.75) is 38.1 Å². The number of hydrogen-bond donors (Lipinski definition) is 1. The van der Waals surface area contributed by atoms with Crippen LogP contribution in [-0.4, -0.2) is 61.1 Å². The number of amides is 3. The van der Waals surface area contributed by atoms with Crippen molar-refractivity contribution in [1.29, 1.82) is 0 Å². The highest BCUT2D eigenvalue weighted by molar-refractivity contribution is 6.31. The average Bonchev–Trinajstić information content (AvgIpc) is 2.68. The van der Waals surface area contributed by atoms with Gasteiger partial charge in [0, 0.05) is 37.2 Å². The molecule has 1 saturated carbocycles. The maximum Gasteiger partial charge on any atom is 0.317 e. The highest BCUT2D eigenvalue weighted by Gasteiger charge is 2.27. The quantitative estimate of drug-likeness (QED) is 0.877. The van der Waals surface area contributed by atoms with Crippen LogP contribution >= 0.6 is 11.6 Å². The number of carbonyl (C=O) groups is 2. The number of nitrogens with zero attached hydrogens (tertiary/aromatic N) is 2. The average molecular weight is 380 g/mol. The maximum absolute atomic E-state index is 12.8. The third kappa shape index (κ3) is 4.41. The Balaban J connectivity index is 1.55. The Bertz CT molecular complexity index is 653. The first kappa shape index (κ1) is 18.8. The normalized spacial score (nSPS) is 18.5. The van der Waals surface area contributed by atoms with Gasteiger partial charge in [-0.05, 0) is 31.0 Å². The van der Waals surface area contributed by atoms with Crippen molar-refractivity contribution in [3.05, 3.63) is 28.8 Å². The highest BCUT2D eigenvalue weighted by atomic mass is 35.5. The van der Waals surface area contributed by atoms with E-state index in [1.165, 1.54) is 26.4 Å². The Hall–Kier alpha value is -1.95. The predicted octanol–water partition coefficient (Wildman–Crippen LogP) is 3.15. The molecule has 1 heterocycles. The Kier molecular flexibility index (Phi) is 6.25. The Morgan fingerprint density at radius 1 is 1.08 bits per heavy atom. The van der Waals surface area contributed by atoms with Crippen molar-refractivity contribution >= 4 is 23.5 Å². The van der Waals surface area contributed by atoms with Crippen LogP contribution in [0.3, 0.4) is 0 Å². The van der Waals surface area contributed by atoms with Crippen LogP contribution in [0.25, 0.3) is 0 Å². The number of methoxy groups -OCH3 is 1. The number of ether oxygens (including phenoxy) is 1. The minimum atomic E-state index is -0.114. The lowest BCUT2D eigenvalue weighted by molar-refractivity contribution is 0.0659. The standard InChI is InChI=1S/C19H26ClN3O3/c1-26-17-8-7-14(20)13-16(17)18(24)22-9-11-23(12-10-22)19(25)21-15-5-3-2-4-6-15/h7-8,13,15H,2-6,9-12H2,1H3,(H,21,25). The monoisotopic (exact) mass is 379 g/mol. The molecule has 2 aliphatic rings. The van der Waals surface area contributed by atoms with Crippen molar-refractivity contribution < 1.29 is 14.3 Å². The van der Waals surface area contributed by atoms with Gasteiger partial charge in [-0.3, -0.25) is 4.79 Å². The largest absolute Gasteiger partial charge is 0.496 e. The molecule has 142 valence electrons. The summed E-state index contributed by atoms with van der Waals surface area (Å²) in [4.78, 5) is 28.8. The second kappa shape index (κ2) is 8.62. The number of halogens is 1. The summed E-state index contributed by atoms with van der Waals surface area (Å²) < 4.78 is 5.28. The first-order valence-corrected chi connectivity index (χ1v) is 9.64. The van der Waals surface area contributed by atoms with Gasteiger partial charge in [0.1, 0.15) is 5.75 Å². The molecule has 1 aliphatic heterocycles. The summed E-state index contributed by atoms with van der Waals surface area (Å²) in [5.41, 5.74) is 0.458. The van der Waals surface area contributed by atoms with Crippen LogP contribution in [0.4, 0.5) is 4.79 Å². The fourth-order valence-electron chi connectivity index (χ4n) is 3.64. The van der Waals surface area contributed by atoms with Gasteiger partial charge in [0.05, 0.1) is 12.7 Å². The number of urea groups is 1. The Morgan fingerprint density at radius 3 is 2.38 bits per heavy atom. The fourth-order valence-corrected chi connectivity index (χ4v) is 3.82. The van der Waals surface area contributed by atoms with E-state index in [4.69, 9.17) is 16.3 Å². The van der Waals surface area contributed by atoms with Gasteiger partial charge in [-0.1, -0.05) is 30.9 Å². The number of rotatable bonds is 3. The van der Waals surface area contributed by atoms with Crippen LogP contribution in [0, 0.1) is 0 Å². The van der Waals surface area contributed by atoms with E-state index in [2.05, 4.69) is 5.32 Å². The molecule has 0 spiro atoms. The van der Waals surface area contributed by atoms with Crippen LogP contribution < -0.4 is 10.1 Å². The summed E-state index contributed by atoms with van der Waals surface area (Å²) in [6.45, 7) is 2.08. The van der Waals surface area contributed by atoms with Gasteiger partial charge < -0.3 is 19.9 Å². The first-order valence-electron chi connectivity index (χ1n) is 9.26. The molecular formula is C19H26ClN3O3. The van der Waals surface area contributed by atoms with E-state index in [-0.39, 0.29) is 11.9 Å². The summed E-state index contributed by atoms with van der Waals surface area (Å²) in [6.07, 6.45) is 5.78. The Morgan fingerprint density at radius 2 is 1.73 bits per heavy atom. The summed E-state index contributed by atoms with van der Waals surface area (Å²) in [6, 6.07) is 5.31. The molecule has 26 heavy (non-hydrogen) atoms. The Labute approximate surface area is 159 Å². The number of benzene rings is 1. The van der Waals surface area contributed by atoms with E-state index in [1.807, 2.05) is 0 Å². The zero-order valence-corrected chi connectivity index (χ0v) is 15.9. The van der Waals surface area contributed by atoms with Gasteiger partial charge in [0.25, 0.3) is 5.91 Å². The van der Waals surface area contributed by atoms with E-state index in [0.29, 0.717) is 48.6 Å². The molecule has 0 bridgehead atoms. The van der Waals surface area contributed by atoms with Crippen molar-refractivity contribution in [3.8, 4) is 5.75 Å². The molecule has 0 unspecified atom stereocenters. The summed E-state index contributed by atoms with van der Waals surface area (Å²) in [7, 11) is 1.54. The molecule has 6 nitrogen and oxygen atoms in total. The van der Waals surface area contributed by atoms with Crippen LogP contribution in [0.5, 0.6) is 5.75 Å². The third-order valence-electron chi connectivity index (χ3n) is 5.18. The smallest absolute Gasteiger partial charge is 0.317 e. The molecule has 2 fully saturated rings. The first-order chi connectivity index (χ1) is 12.6. The topological polar surface area (TPSA) is 61.9 Å². The number of carbonyl (C=O) groups excluding carboxylic acids is 2. The number of hydrogen-bond acceptors (Lipinski definition) is 3. The van der Waals surface area contributed by atoms with Gasteiger partial charge in [-0.2, -0.15) is 0 Å². The van der Waals surface area contributed by atoms with E-state index >= 15 is 0 Å². The molecule has 1 aromatic carbocycles. The number of piperazine rings is 1. The molecule has 3 amide bonds. The maximum atomic E-state index is 12.8. The molecule has 3 rings (SSSR count). The molecule has 1 saturated heterocycles. The van der Waals surface area contributed by atoms with Gasteiger partial charge in [0.2, 0.25) is 0 Å². The molecule has 7 heteroatoms. The summed E-state index contributed by atoms with van der Waals surface area (Å²) in [5.74, 6) is 0.397. The minimum Gasteiger partial charge on any atom is -0.496 e. The zero-order valence-electron chi connectivity index (χ0n) is 15.2. The van der Waals surface area contributed by atoms with Gasteiger partial charge >= 0.3 is 6.03 Å². The van der Waals surface area contributed by atoms with Gasteiger partial charge in [0.15, 0.2) is 0 Å². The predicted molar refractivity (Wildman–Crippen MR) is 101 cm³/mol. The van der Waals surface area contributed by atoms with Crippen molar-refractivity contribution in [1.82, 2.24) is 15.1 Å². The SMILES string of the molecule is COc1ccc(Cl)cc1C(=O)N1CCN(C(=O)NC2CCCCC2)CC1. The van der Waals surface area contributed by atoms with Crippen molar-refractivity contribution in [2.75, 3.05) is 33.3 Å². The van der Waals surface area contributed by atoms with Crippen LogP contribution in [0.15, 0.2) is 18.2 Å². The van der Waals surface area contributed by atoms with Gasteiger partial charge in [-0.25, -0.2) is 4.79 Å². The highest BCUT2D eigenvalue weighted by Crippen LogP contribution is 2.24. The zero-order chi connectivity index (χ0) is 18.5. The molecule has 0 radical (unpaired) electrons. The van der Waals surface area contributed by atoms with Crippen LogP contribution in [0.1, 0.15) is 42.5 Å². The molecule has 0 atom stereocenters. The van der Waals surface area contributed by atoms with E-state index in [1.54, 1.807) is 28.0 Å². The lowest BCUT2D eigenvalue weighted by Crippen LogP contribution is -2.54. The van der Waals surface area contributed by atoms with Crippen LogP contribution in [-0.2, 0) is 0 Å².